The highest BCUT2D eigenvalue weighted by Gasteiger charge is 2.08. The number of aromatic nitrogens is 1. The van der Waals surface area contributed by atoms with Crippen LogP contribution in [-0.4, -0.2) is 4.98 Å². The van der Waals surface area contributed by atoms with Crippen LogP contribution in [0.2, 0.25) is 0 Å². The van der Waals surface area contributed by atoms with Gasteiger partial charge in [-0.25, -0.2) is 9.37 Å². The zero-order chi connectivity index (χ0) is 16.4. The average molecular weight is 351 g/mol. The van der Waals surface area contributed by atoms with Gasteiger partial charge in [0.2, 0.25) is 0 Å². The van der Waals surface area contributed by atoms with Crippen molar-refractivity contribution in [1.82, 2.24) is 4.98 Å². The zero-order valence-corrected chi connectivity index (χ0v) is 14.1. The highest BCUT2D eigenvalue weighted by atomic mass is 35.5. The lowest BCUT2D eigenvalue weighted by molar-refractivity contribution is 0.628. The van der Waals surface area contributed by atoms with Crippen molar-refractivity contribution >= 4 is 34.7 Å². The third-order valence-electron chi connectivity index (χ3n) is 3.89. The molecule has 1 aromatic heterocycles. The third kappa shape index (κ3) is 3.62. The second-order valence-corrected chi connectivity index (χ2v) is 5.57. The maximum Gasteiger partial charge on any atom is 0.125 e. The number of nitrogens with one attached hydrogen (secondary N) is 1. The van der Waals surface area contributed by atoms with E-state index in [1.807, 2.05) is 66.7 Å². The minimum Gasteiger partial charge on any atom is -0.355 e. The van der Waals surface area contributed by atoms with Gasteiger partial charge in [0.15, 0.2) is 0 Å². The van der Waals surface area contributed by atoms with Crippen LogP contribution in [-0.2, 0) is 0 Å². The van der Waals surface area contributed by atoms with Crippen LogP contribution in [0.3, 0.4) is 0 Å². The van der Waals surface area contributed by atoms with Crippen LogP contribution >= 0.6 is 12.4 Å². The maximum absolute atomic E-state index is 13.5. The number of hydrogen-bond acceptors (Lipinski definition) is 2. The lowest BCUT2D eigenvalue weighted by Gasteiger charge is -2.12. The Labute approximate surface area is 151 Å². The Morgan fingerprint density at radius 1 is 0.760 bits per heavy atom. The second kappa shape index (κ2) is 7.32. The molecule has 4 heteroatoms. The molecule has 4 rings (SSSR count). The van der Waals surface area contributed by atoms with Gasteiger partial charge in [0.05, 0.1) is 16.9 Å². The van der Waals surface area contributed by atoms with Gasteiger partial charge >= 0.3 is 0 Å². The van der Waals surface area contributed by atoms with E-state index in [-0.39, 0.29) is 18.2 Å². The maximum atomic E-state index is 13.5. The van der Waals surface area contributed by atoms with Gasteiger partial charge in [-0.3, -0.25) is 0 Å². The molecule has 0 atom stereocenters. The third-order valence-corrected chi connectivity index (χ3v) is 3.89. The topological polar surface area (TPSA) is 24.9 Å². The fourth-order valence-electron chi connectivity index (χ4n) is 2.76. The number of rotatable bonds is 3. The Bertz CT molecular complexity index is 1000. The largest absolute Gasteiger partial charge is 0.355 e. The summed E-state index contributed by atoms with van der Waals surface area (Å²) in [6.45, 7) is 0. The van der Waals surface area contributed by atoms with Crippen molar-refractivity contribution in [2.24, 2.45) is 0 Å². The predicted octanol–water partition coefficient (Wildman–Crippen LogP) is 6.21. The van der Waals surface area contributed by atoms with Crippen LogP contribution in [0.15, 0.2) is 84.9 Å². The minimum absolute atomic E-state index is 0. The summed E-state index contributed by atoms with van der Waals surface area (Å²) in [4.78, 5) is 4.75. The minimum atomic E-state index is -0.262. The standard InChI is InChI=1S/C21H15FN2.ClH/c22-16-9-6-10-17(13-16)23-21-14-20(15-7-2-1-3-8-15)24-19-12-5-4-11-18(19)21;/h1-14H,(H,23,24);1H. The van der Waals surface area contributed by atoms with Crippen LogP contribution in [0.1, 0.15) is 0 Å². The molecule has 25 heavy (non-hydrogen) atoms. The van der Waals surface area contributed by atoms with Crippen LogP contribution in [0.25, 0.3) is 22.2 Å². The summed E-state index contributed by atoms with van der Waals surface area (Å²) >= 11 is 0. The number of halogens is 2. The molecule has 0 amide bonds. The summed E-state index contributed by atoms with van der Waals surface area (Å²) < 4.78 is 13.5. The molecule has 1 N–H and O–H groups in total. The molecular formula is C21H16ClFN2. The number of fused-ring (bicyclic) bond motifs is 1. The number of pyridine rings is 1. The number of benzene rings is 3. The predicted molar refractivity (Wildman–Crippen MR) is 104 cm³/mol. The molecule has 0 saturated heterocycles. The van der Waals surface area contributed by atoms with Crippen molar-refractivity contribution in [2.45, 2.75) is 0 Å². The van der Waals surface area contributed by atoms with Gasteiger partial charge in [-0.15, -0.1) is 12.4 Å². The summed E-state index contributed by atoms with van der Waals surface area (Å²) in [5.74, 6) is -0.262. The number of nitrogens with zero attached hydrogens (tertiary/aromatic N) is 1. The van der Waals surface area contributed by atoms with Crippen LogP contribution in [0.5, 0.6) is 0 Å². The molecule has 0 radical (unpaired) electrons. The second-order valence-electron chi connectivity index (χ2n) is 5.57. The van der Waals surface area contributed by atoms with Crippen molar-refractivity contribution in [3.8, 4) is 11.3 Å². The van der Waals surface area contributed by atoms with Crippen molar-refractivity contribution in [2.75, 3.05) is 5.32 Å². The molecular weight excluding hydrogens is 335 g/mol. The van der Waals surface area contributed by atoms with E-state index in [0.29, 0.717) is 5.69 Å². The molecule has 0 fully saturated rings. The highest BCUT2D eigenvalue weighted by molar-refractivity contribution is 5.95. The van der Waals surface area contributed by atoms with Gasteiger partial charge in [-0.05, 0) is 30.3 Å². The molecule has 0 spiro atoms. The molecule has 0 aliphatic carbocycles. The van der Waals surface area contributed by atoms with Gasteiger partial charge in [-0.1, -0.05) is 54.6 Å². The van der Waals surface area contributed by atoms with E-state index in [1.54, 1.807) is 6.07 Å². The lowest BCUT2D eigenvalue weighted by Crippen LogP contribution is -1.95. The van der Waals surface area contributed by atoms with Gasteiger partial charge in [0, 0.05) is 16.6 Å². The SMILES string of the molecule is Cl.Fc1cccc(Nc2cc(-c3ccccc3)nc3ccccc23)c1. The Balaban J connectivity index is 0.00000182. The quantitative estimate of drug-likeness (QED) is 0.475. The molecule has 1 heterocycles. The van der Waals surface area contributed by atoms with Gasteiger partial charge in [0.25, 0.3) is 0 Å². The van der Waals surface area contributed by atoms with Crippen molar-refractivity contribution in [3.63, 3.8) is 0 Å². The van der Waals surface area contributed by atoms with Crippen LogP contribution in [0.4, 0.5) is 15.8 Å². The van der Waals surface area contributed by atoms with Crippen molar-refractivity contribution < 1.29 is 4.39 Å². The first kappa shape index (κ1) is 16.9. The molecule has 3 aromatic carbocycles. The fraction of sp³-hybridized carbons (Fsp3) is 0. The van der Waals surface area contributed by atoms with E-state index < -0.39 is 0 Å². The van der Waals surface area contributed by atoms with E-state index in [0.717, 1.165) is 27.8 Å². The fourth-order valence-corrected chi connectivity index (χ4v) is 2.76. The molecule has 0 saturated carbocycles. The van der Waals surface area contributed by atoms with Gasteiger partial charge in [-0.2, -0.15) is 0 Å². The van der Waals surface area contributed by atoms with Crippen LogP contribution < -0.4 is 5.32 Å². The lowest BCUT2D eigenvalue weighted by atomic mass is 10.1. The first-order chi connectivity index (χ1) is 11.8. The Morgan fingerprint density at radius 2 is 1.52 bits per heavy atom. The summed E-state index contributed by atoms with van der Waals surface area (Å²) in [6.07, 6.45) is 0. The summed E-state index contributed by atoms with van der Waals surface area (Å²) in [5.41, 5.74) is 4.45. The van der Waals surface area contributed by atoms with Crippen LogP contribution in [0, 0.1) is 5.82 Å². The van der Waals surface area contributed by atoms with E-state index in [9.17, 15) is 4.39 Å². The molecule has 2 nitrogen and oxygen atoms in total. The number of para-hydroxylation sites is 1. The van der Waals surface area contributed by atoms with Crippen molar-refractivity contribution in [1.29, 1.82) is 0 Å². The van der Waals surface area contributed by atoms with E-state index in [2.05, 4.69) is 5.32 Å². The van der Waals surface area contributed by atoms with Gasteiger partial charge in [0.1, 0.15) is 5.82 Å². The monoisotopic (exact) mass is 350 g/mol. The molecule has 0 bridgehead atoms. The first-order valence-corrected chi connectivity index (χ1v) is 7.77. The smallest absolute Gasteiger partial charge is 0.125 e. The molecule has 4 aromatic rings. The number of hydrogen-bond donors (Lipinski definition) is 1. The molecule has 0 unspecified atom stereocenters. The highest BCUT2D eigenvalue weighted by Crippen LogP contribution is 2.30. The molecule has 0 aliphatic rings. The van der Waals surface area contributed by atoms with E-state index in [4.69, 9.17) is 4.98 Å². The zero-order valence-electron chi connectivity index (χ0n) is 13.3. The Hall–Kier alpha value is -2.91. The summed E-state index contributed by atoms with van der Waals surface area (Å²) in [5, 5.41) is 4.32. The average Bonchev–Trinajstić information content (AvgIpc) is 2.62. The molecule has 124 valence electrons. The number of anilines is 2. The Kier molecular flexibility index (Phi) is 4.96. The van der Waals surface area contributed by atoms with Crippen molar-refractivity contribution in [3.05, 3.63) is 90.7 Å². The normalized spacial score (nSPS) is 10.3. The summed E-state index contributed by atoms with van der Waals surface area (Å²) in [7, 11) is 0. The van der Waals surface area contributed by atoms with E-state index >= 15 is 0 Å². The molecule has 0 aliphatic heterocycles. The van der Waals surface area contributed by atoms with Gasteiger partial charge < -0.3 is 5.32 Å². The first-order valence-electron chi connectivity index (χ1n) is 7.77. The summed E-state index contributed by atoms with van der Waals surface area (Å²) in [6, 6.07) is 26.4. The van der Waals surface area contributed by atoms with E-state index in [1.165, 1.54) is 12.1 Å². The Morgan fingerprint density at radius 3 is 2.32 bits per heavy atom.